The molecule has 0 saturated heterocycles. The SMILES string of the molecule is CC1CCCn2cnc(C(N)CO)c21. The lowest BCUT2D eigenvalue weighted by molar-refractivity contribution is 0.264. The molecule has 2 rings (SSSR count). The predicted molar refractivity (Wildman–Crippen MR) is 53.9 cm³/mol. The molecule has 1 aliphatic heterocycles. The van der Waals surface area contributed by atoms with Crippen LogP contribution in [0.2, 0.25) is 0 Å². The molecule has 0 spiro atoms. The van der Waals surface area contributed by atoms with Crippen LogP contribution < -0.4 is 5.73 Å². The standard InChI is InChI=1S/C10H17N3O/c1-7-3-2-4-13-6-12-9(10(7)13)8(11)5-14/h6-8,14H,2-5,11H2,1H3. The van der Waals surface area contributed by atoms with Crippen molar-refractivity contribution < 1.29 is 5.11 Å². The van der Waals surface area contributed by atoms with Gasteiger partial charge in [0.25, 0.3) is 0 Å². The molecule has 2 heterocycles. The Morgan fingerprint density at radius 3 is 3.29 bits per heavy atom. The first kappa shape index (κ1) is 9.68. The van der Waals surface area contributed by atoms with E-state index in [1.165, 1.54) is 18.5 Å². The topological polar surface area (TPSA) is 64.1 Å². The van der Waals surface area contributed by atoms with Crippen molar-refractivity contribution in [2.24, 2.45) is 5.73 Å². The summed E-state index contributed by atoms with van der Waals surface area (Å²) < 4.78 is 2.17. The number of hydrogen-bond donors (Lipinski definition) is 2. The van der Waals surface area contributed by atoms with E-state index in [0.29, 0.717) is 5.92 Å². The van der Waals surface area contributed by atoms with Crippen LogP contribution in [0.5, 0.6) is 0 Å². The van der Waals surface area contributed by atoms with E-state index in [-0.39, 0.29) is 12.6 Å². The van der Waals surface area contributed by atoms with Crippen molar-refractivity contribution in [2.75, 3.05) is 6.61 Å². The van der Waals surface area contributed by atoms with Crippen molar-refractivity contribution >= 4 is 0 Å². The van der Waals surface area contributed by atoms with Gasteiger partial charge in [0.15, 0.2) is 0 Å². The van der Waals surface area contributed by atoms with E-state index in [9.17, 15) is 0 Å². The van der Waals surface area contributed by atoms with Gasteiger partial charge in [-0.3, -0.25) is 0 Å². The van der Waals surface area contributed by atoms with Crippen LogP contribution >= 0.6 is 0 Å². The zero-order valence-electron chi connectivity index (χ0n) is 8.48. The van der Waals surface area contributed by atoms with Crippen molar-refractivity contribution in [2.45, 2.75) is 38.3 Å². The molecule has 1 aliphatic rings. The smallest absolute Gasteiger partial charge is 0.0952 e. The molecule has 0 bridgehead atoms. The molecular formula is C10H17N3O. The lowest BCUT2D eigenvalue weighted by atomic mass is 9.95. The summed E-state index contributed by atoms with van der Waals surface area (Å²) in [7, 11) is 0. The highest BCUT2D eigenvalue weighted by Crippen LogP contribution is 2.30. The van der Waals surface area contributed by atoms with Crippen LogP contribution in [0.15, 0.2) is 6.33 Å². The largest absolute Gasteiger partial charge is 0.394 e. The summed E-state index contributed by atoms with van der Waals surface area (Å²) in [5.41, 5.74) is 7.89. The summed E-state index contributed by atoms with van der Waals surface area (Å²) in [6.07, 6.45) is 4.24. The minimum absolute atomic E-state index is 0.0310. The van der Waals surface area contributed by atoms with Gasteiger partial charge in [-0.1, -0.05) is 6.92 Å². The average Bonchev–Trinajstić information content (AvgIpc) is 2.62. The molecule has 0 aliphatic carbocycles. The van der Waals surface area contributed by atoms with Crippen LogP contribution in [0.1, 0.15) is 43.1 Å². The Morgan fingerprint density at radius 1 is 1.79 bits per heavy atom. The Bertz CT molecular complexity index is 321. The third-order valence-electron chi connectivity index (χ3n) is 2.96. The van der Waals surface area contributed by atoms with E-state index >= 15 is 0 Å². The first-order valence-electron chi connectivity index (χ1n) is 5.15. The number of aryl methyl sites for hydroxylation is 1. The van der Waals surface area contributed by atoms with Crippen molar-refractivity contribution in [1.82, 2.24) is 9.55 Å². The summed E-state index contributed by atoms with van der Waals surface area (Å²) in [6, 6.07) is -0.327. The second kappa shape index (κ2) is 3.71. The fraction of sp³-hybridized carbons (Fsp3) is 0.700. The van der Waals surface area contributed by atoms with Gasteiger partial charge < -0.3 is 15.4 Å². The molecule has 0 aromatic carbocycles. The van der Waals surface area contributed by atoms with Gasteiger partial charge >= 0.3 is 0 Å². The summed E-state index contributed by atoms with van der Waals surface area (Å²) in [4.78, 5) is 4.30. The molecule has 14 heavy (non-hydrogen) atoms. The fourth-order valence-electron chi connectivity index (χ4n) is 2.20. The van der Waals surface area contributed by atoms with Gasteiger partial charge in [0, 0.05) is 12.2 Å². The summed E-state index contributed by atoms with van der Waals surface area (Å²) in [5, 5.41) is 9.02. The van der Waals surface area contributed by atoms with Gasteiger partial charge in [0.1, 0.15) is 0 Å². The van der Waals surface area contributed by atoms with Crippen LogP contribution in [0, 0.1) is 0 Å². The number of nitrogens with two attached hydrogens (primary N) is 1. The van der Waals surface area contributed by atoms with E-state index < -0.39 is 0 Å². The highest BCUT2D eigenvalue weighted by atomic mass is 16.3. The lowest BCUT2D eigenvalue weighted by Crippen LogP contribution is -2.20. The summed E-state index contributed by atoms with van der Waals surface area (Å²) in [6.45, 7) is 3.20. The summed E-state index contributed by atoms with van der Waals surface area (Å²) >= 11 is 0. The number of fused-ring (bicyclic) bond motifs is 1. The molecule has 1 aromatic rings. The Kier molecular flexibility index (Phi) is 2.56. The molecule has 4 nitrogen and oxygen atoms in total. The maximum Gasteiger partial charge on any atom is 0.0952 e. The normalized spacial score (nSPS) is 23.2. The van der Waals surface area contributed by atoms with Crippen LogP contribution in [-0.2, 0) is 6.54 Å². The van der Waals surface area contributed by atoms with E-state index in [2.05, 4.69) is 16.5 Å². The van der Waals surface area contributed by atoms with Gasteiger partial charge in [0.2, 0.25) is 0 Å². The Balaban J connectivity index is 2.38. The average molecular weight is 195 g/mol. The molecule has 4 heteroatoms. The van der Waals surface area contributed by atoms with E-state index in [1.54, 1.807) is 0 Å². The number of nitrogens with zero attached hydrogens (tertiary/aromatic N) is 2. The van der Waals surface area contributed by atoms with Gasteiger partial charge in [0.05, 0.1) is 24.7 Å². The molecular weight excluding hydrogens is 178 g/mol. The highest BCUT2D eigenvalue weighted by molar-refractivity contribution is 5.22. The van der Waals surface area contributed by atoms with Crippen LogP contribution in [0.4, 0.5) is 0 Å². The first-order valence-corrected chi connectivity index (χ1v) is 5.15. The number of aromatic nitrogens is 2. The molecule has 0 fully saturated rings. The molecule has 2 atom stereocenters. The van der Waals surface area contributed by atoms with Gasteiger partial charge in [-0.25, -0.2) is 4.98 Å². The molecule has 0 amide bonds. The molecule has 0 radical (unpaired) electrons. The first-order chi connectivity index (χ1) is 6.74. The van der Waals surface area contributed by atoms with Crippen molar-refractivity contribution in [3.8, 4) is 0 Å². The minimum Gasteiger partial charge on any atom is -0.394 e. The molecule has 2 unspecified atom stereocenters. The monoisotopic (exact) mass is 195 g/mol. The van der Waals surface area contributed by atoms with Crippen molar-refractivity contribution in [3.05, 3.63) is 17.7 Å². The van der Waals surface area contributed by atoms with Crippen molar-refractivity contribution in [3.63, 3.8) is 0 Å². The Morgan fingerprint density at radius 2 is 2.57 bits per heavy atom. The number of rotatable bonds is 2. The molecule has 78 valence electrons. The number of aliphatic hydroxyl groups is 1. The van der Waals surface area contributed by atoms with Gasteiger partial charge in [-0.2, -0.15) is 0 Å². The Labute approximate surface area is 83.8 Å². The number of aliphatic hydroxyl groups excluding tert-OH is 1. The quantitative estimate of drug-likeness (QED) is 0.732. The van der Waals surface area contributed by atoms with Crippen LogP contribution in [0.25, 0.3) is 0 Å². The third-order valence-corrected chi connectivity index (χ3v) is 2.96. The zero-order chi connectivity index (χ0) is 10.1. The van der Waals surface area contributed by atoms with Gasteiger partial charge in [-0.15, -0.1) is 0 Å². The highest BCUT2D eigenvalue weighted by Gasteiger charge is 2.23. The third kappa shape index (κ3) is 1.44. The minimum atomic E-state index is -0.327. The van der Waals surface area contributed by atoms with E-state index in [4.69, 9.17) is 10.8 Å². The van der Waals surface area contributed by atoms with Crippen LogP contribution in [0.3, 0.4) is 0 Å². The lowest BCUT2D eigenvalue weighted by Gasteiger charge is -2.23. The molecule has 1 aromatic heterocycles. The maximum atomic E-state index is 9.02. The fourth-order valence-corrected chi connectivity index (χ4v) is 2.20. The molecule has 3 N–H and O–H groups in total. The second-order valence-electron chi connectivity index (χ2n) is 4.04. The Hall–Kier alpha value is -0.870. The number of hydrogen-bond acceptors (Lipinski definition) is 3. The zero-order valence-corrected chi connectivity index (χ0v) is 8.48. The van der Waals surface area contributed by atoms with E-state index in [1.807, 2.05) is 6.33 Å². The van der Waals surface area contributed by atoms with Gasteiger partial charge in [-0.05, 0) is 18.8 Å². The predicted octanol–water partition coefficient (Wildman–Crippen LogP) is 0.772. The molecule has 0 saturated carbocycles. The van der Waals surface area contributed by atoms with Crippen molar-refractivity contribution in [1.29, 1.82) is 0 Å². The maximum absolute atomic E-state index is 9.02. The summed E-state index contributed by atoms with van der Waals surface area (Å²) in [5.74, 6) is 0.513. The number of imidazole rings is 1. The van der Waals surface area contributed by atoms with Crippen LogP contribution in [-0.4, -0.2) is 21.3 Å². The second-order valence-corrected chi connectivity index (χ2v) is 4.04. The van der Waals surface area contributed by atoms with E-state index in [0.717, 1.165) is 12.2 Å².